The number of benzene rings is 1. The Hall–Kier alpha value is -1.64. The number of carbonyl (C=O) groups excluding carboxylic acids is 1. The molecule has 82 valence electrons. The number of aliphatic imine (C=N–C) groups is 1. The fourth-order valence-electron chi connectivity index (χ4n) is 1.97. The van der Waals surface area contributed by atoms with Gasteiger partial charge in [0.2, 0.25) is 5.90 Å². The Morgan fingerprint density at radius 3 is 2.62 bits per heavy atom. The lowest BCUT2D eigenvalue weighted by molar-refractivity contribution is 0.112. The third-order valence-electron chi connectivity index (χ3n) is 3.13. The summed E-state index contributed by atoms with van der Waals surface area (Å²) in [6.45, 7) is 0.718. The Bertz CT molecular complexity index is 432. The van der Waals surface area contributed by atoms with E-state index in [0.29, 0.717) is 11.6 Å². The molecule has 3 nitrogen and oxygen atoms in total. The summed E-state index contributed by atoms with van der Waals surface area (Å²) in [5.41, 5.74) is 1.65. The minimum absolute atomic E-state index is 0.362. The first kappa shape index (κ1) is 9.58. The monoisotopic (exact) mass is 215 g/mol. The lowest BCUT2D eigenvalue weighted by Gasteiger charge is -2.00. The van der Waals surface area contributed by atoms with Crippen LogP contribution in [0.5, 0.6) is 0 Å². The van der Waals surface area contributed by atoms with Crippen molar-refractivity contribution in [1.29, 1.82) is 0 Å². The van der Waals surface area contributed by atoms with Crippen LogP contribution in [0.2, 0.25) is 0 Å². The van der Waals surface area contributed by atoms with Crippen molar-refractivity contribution in [3.05, 3.63) is 35.4 Å². The topological polar surface area (TPSA) is 38.7 Å². The first-order valence-corrected chi connectivity index (χ1v) is 5.63. The summed E-state index contributed by atoms with van der Waals surface area (Å²) in [5.74, 6) is 1.47. The van der Waals surface area contributed by atoms with E-state index in [-0.39, 0.29) is 0 Å². The molecule has 1 fully saturated rings. The molecule has 0 bridgehead atoms. The third kappa shape index (κ3) is 1.73. The zero-order valence-electron chi connectivity index (χ0n) is 8.93. The maximum Gasteiger partial charge on any atom is 0.216 e. The normalized spacial score (nSPS) is 23.8. The van der Waals surface area contributed by atoms with E-state index in [1.807, 2.05) is 12.1 Å². The molecule has 3 rings (SSSR count). The molecule has 1 aromatic rings. The molecule has 0 radical (unpaired) electrons. The van der Waals surface area contributed by atoms with Crippen molar-refractivity contribution in [3.8, 4) is 0 Å². The zero-order chi connectivity index (χ0) is 11.0. The molecule has 2 aliphatic rings. The number of nitrogens with zero attached hydrogens (tertiary/aromatic N) is 1. The minimum Gasteiger partial charge on any atom is -0.475 e. The number of carbonyl (C=O) groups is 1. The van der Waals surface area contributed by atoms with Crippen LogP contribution < -0.4 is 0 Å². The van der Waals surface area contributed by atoms with E-state index < -0.39 is 0 Å². The quantitative estimate of drug-likeness (QED) is 0.724. The molecule has 0 aromatic heterocycles. The summed E-state index contributed by atoms with van der Waals surface area (Å²) in [7, 11) is 0. The second-order valence-corrected chi connectivity index (χ2v) is 4.39. The molecule has 0 amide bonds. The summed E-state index contributed by atoms with van der Waals surface area (Å²) in [6.07, 6.45) is 3.41. The van der Waals surface area contributed by atoms with Gasteiger partial charge in [0.05, 0.1) is 6.04 Å². The van der Waals surface area contributed by atoms with Gasteiger partial charge >= 0.3 is 0 Å². The molecule has 1 unspecified atom stereocenters. The van der Waals surface area contributed by atoms with Gasteiger partial charge in [-0.15, -0.1) is 0 Å². The van der Waals surface area contributed by atoms with Crippen LogP contribution in [0.4, 0.5) is 0 Å². The molecule has 3 heteroatoms. The van der Waals surface area contributed by atoms with Crippen molar-refractivity contribution < 1.29 is 9.53 Å². The van der Waals surface area contributed by atoms with Gasteiger partial charge in [-0.3, -0.25) is 4.79 Å². The fourth-order valence-corrected chi connectivity index (χ4v) is 1.97. The van der Waals surface area contributed by atoms with Crippen molar-refractivity contribution in [2.24, 2.45) is 10.9 Å². The number of hydrogen-bond acceptors (Lipinski definition) is 3. The number of aldehydes is 1. The molecule has 1 aliphatic heterocycles. The fraction of sp³-hybridized carbons (Fsp3) is 0.385. The number of hydrogen-bond donors (Lipinski definition) is 0. The SMILES string of the molecule is O=Cc1ccc(C2=NC(C3CC3)CO2)cc1. The van der Waals surface area contributed by atoms with E-state index in [1.165, 1.54) is 12.8 Å². The van der Waals surface area contributed by atoms with Gasteiger partial charge in [0.25, 0.3) is 0 Å². The highest BCUT2D eigenvalue weighted by molar-refractivity contribution is 5.95. The molecule has 1 heterocycles. The van der Waals surface area contributed by atoms with Gasteiger partial charge in [0, 0.05) is 11.1 Å². The van der Waals surface area contributed by atoms with Gasteiger partial charge in [0.1, 0.15) is 12.9 Å². The average Bonchev–Trinajstić information content (AvgIpc) is 3.08. The van der Waals surface area contributed by atoms with Crippen LogP contribution in [0.1, 0.15) is 28.8 Å². The Morgan fingerprint density at radius 2 is 2.00 bits per heavy atom. The summed E-state index contributed by atoms with van der Waals surface area (Å²) in [4.78, 5) is 15.1. The van der Waals surface area contributed by atoms with Crippen LogP contribution in [0.25, 0.3) is 0 Å². The van der Waals surface area contributed by atoms with Crippen molar-refractivity contribution in [3.63, 3.8) is 0 Å². The van der Waals surface area contributed by atoms with Crippen LogP contribution in [0.3, 0.4) is 0 Å². The average molecular weight is 215 g/mol. The molecular formula is C13H13NO2. The highest BCUT2D eigenvalue weighted by Crippen LogP contribution is 2.36. The van der Waals surface area contributed by atoms with E-state index in [9.17, 15) is 4.79 Å². The van der Waals surface area contributed by atoms with Crippen molar-refractivity contribution in [1.82, 2.24) is 0 Å². The molecule has 1 aliphatic carbocycles. The first-order valence-electron chi connectivity index (χ1n) is 5.63. The zero-order valence-corrected chi connectivity index (χ0v) is 8.93. The predicted octanol–water partition coefficient (Wildman–Crippen LogP) is 2.05. The van der Waals surface area contributed by atoms with Crippen LogP contribution in [-0.2, 0) is 4.74 Å². The molecule has 1 saturated carbocycles. The van der Waals surface area contributed by atoms with E-state index >= 15 is 0 Å². The molecule has 1 aromatic carbocycles. The smallest absolute Gasteiger partial charge is 0.216 e. The van der Waals surface area contributed by atoms with Gasteiger partial charge in [-0.1, -0.05) is 12.1 Å². The highest BCUT2D eigenvalue weighted by Gasteiger charge is 2.35. The van der Waals surface area contributed by atoms with Gasteiger partial charge < -0.3 is 4.74 Å². The largest absolute Gasteiger partial charge is 0.475 e. The van der Waals surface area contributed by atoms with E-state index in [4.69, 9.17) is 4.74 Å². The molecule has 0 spiro atoms. The minimum atomic E-state index is 0.362. The van der Waals surface area contributed by atoms with Crippen LogP contribution in [-0.4, -0.2) is 24.8 Å². The Balaban J connectivity index is 1.80. The lowest BCUT2D eigenvalue weighted by Crippen LogP contribution is -2.07. The van der Waals surface area contributed by atoms with Crippen LogP contribution in [0.15, 0.2) is 29.3 Å². The van der Waals surface area contributed by atoms with E-state index in [2.05, 4.69) is 4.99 Å². The lowest BCUT2D eigenvalue weighted by atomic mass is 10.1. The van der Waals surface area contributed by atoms with Crippen molar-refractivity contribution in [2.45, 2.75) is 18.9 Å². The maximum absolute atomic E-state index is 10.5. The standard InChI is InChI=1S/C13H13NO2/c15-7-9-1-3-11(4-2-9)13-14-12(8-16-13)10-5-6-10/h1-4,7,10,12H,5-6,8H2. The Morgan fingerprint density at radius 1 is 1.25 bits per heavy atom. The van der Waals surface area contributed by atoms with Crippen molar-refractivity contribution >= 4 is 12.2 Å². The second-order valence-electron chi connectivity index (χ2n) is 4.39. The molecule has 1 atom stereocenters. The Kier molecular flexibility index (Phi) is 2.24. The molecule has 0 N–H and O–H groups in total. The van der Waals surface area contributed by atoms with Gasteiger partial charge in [-0.2, -0.15) is 0 Å². The summed E-state index contributed by atoms with van der Waals surface area (Å²) in [6, 6.07) is 7.72. The summed E-state index contributed by atoms with van der Waals surface area (Å²) >= 11 is 0. The summed E-state index contributed by atoms with van der Waals surface area (Å²) in [5, 5.41) is 0. The molecule has 16 heavy (non-hydrogen) atoms. The Labute approximate surface area is 94.1 Å². The molecular weight excluding hydrogens is 202 g/mol. The summed E-state index contributed by atoms with van der Waals surface area (Å²) < 4.78 is 5.59. The van der Waals surface area contributed by atoms with E-state index in [0.717, 1.165) is 30.3 Å². The third-order valence-corrected chi connectivity index (χ3v) is 3.13. The number of ether oxygens (including phenoxy) is 1. The van der Waals surface area contributed by atoms with E-state index in [1.54, 1.807) is 12.1 Å². The predicted molar refractivity (Wildman–Crippen MR) is 60.8 cm³/mol. The van der Waals surface area contributed by atoms with Crippen LogP contribution >= 0.6 is 0 Å². The first-order chi connectivity index (χ1) is 7.86. The van der Waals surface area contributed by atoms with Gasteiger partial charge in [0.15, 0.2) is 0 Å². The van der Waals surface area contributed by atoms with Crippen molar-refractivity contribution in [2.75, 3.05) is 6.61 Å². The highest BCUT2D eigenvalue weighted by atomic mass is 16.5. The van der Waals surface area contributed by atoms with Gasteiger partial charge in [-0.25, -0.2) is 4.99 Å². The number of rotatable bonds is 3. The van der Waals surface area contributed by atoms with Gasteiger partial charge in [-0.05, 0) is 30.9 Å². The van der Waals surface area contributed by atoms with Crippen LogP contribution in [0, 0.1) is 5.92 Å². The second kappa shape index (κ2) is 3.74. The maximum atomic E-state index is 10.5. The molecule has 0 saturated heterocycles.